The number of hydrogen-bond donors (Lipinski definition) is 0. The Morgan fingerprint density at radius 2 is 0.750 bits per heavy atom. The molecule has 0 aromatic heterocycles. The van der Waals surface area contributed by atoms with Crippen LogP contribution < -0.4 is 0 Å². The van der Waals surface area contributed by atoms with Crippen molar-refractivity contribution in [3.63, 3.8) is 0 Å². The van der Waals surface area contributed by atoms with Gasteiger partial charge in [0.25, 0.3) is 0 Å². The molecule has 0 unspecified atom stereocenters. The van der Waals surface area contributed by atoms with E-state index in [1.165, 1.54) is 0 Å². The Kier molecular flexibility index (Phi) is 9.07. The summed E-state index contributed by atoms with van der Waals surface area (Å²) in [6, 6.07) is 8.26. The average molecular weight is 431 g/mol. The van der Waals surface area contributed by atoms with Crippen molar-refractivity contribution in [3.8, 4) is 0 Å². The topological polar surface area (TPSA) is 44.2 Å². The van der Waals surface area contributed by atoms with Gasteiger partial charge in [-0.1, -0.05) is 6.07 Å². The third kappa shape index (κ3) is 4.94. The Morgan fingerprint density at radius 1 is 0.500 bits per heavy atom. The molecule has 0 saturated carbocycles. The fourth-order valence-electron chi connectivity index (χ4n) is 3.61. The van der Waals surface area contributed by atoms with Crippen LogP contribution in [0.3, 0.4) is 0 Å². The van der Waals surface area contributed by atoms with E-state index >= 15 is 0 Å². The third-order valence-electron chi connectivity index (χ3n) is 4.55. The maximum absolute atomic E-state index is 5.21. The van der Waals surface area contributed by atoms with E-state index in [9.17, 15) is 0 Å². The second-order valence-electron chi connectivity index (χ2n) is 7.88. The molecule has 8 nitrogen and oxygen atoms in total. The monoisotopic (exact) mass is 430 g/mol. The molecular formula is C18H40N8P2. The second kappa shape index (κ2) is 9.96. The minimum Gasteiger partial charge on any atom is -0.252 e. The number of benzene rings is 1. The lowest BCUT2D eigenvalue weighted by Crippen LogP contribution is -2.30. The molecule has 0 aliphatic carbocycles. The molecule has 1 aromatic carbocycles. The SMILES string of the molecule is CN(C)P(=Nc1cccc(N=P(N(C)C)(N(C)C)N(C)C)c1)(N(C)C)N(C)C. The van der Waals surface area contributed by atoms with Crippen LogP contribution in [-0.4, -0.2) is 113 Å². The Balaban J connectivity index is 3.71. The molecule has 0 radical (unpaired) electrons. The van der Waals surface area contributed by atoms with Crippen LogP contribution in [0.15, 0.2) is 33.8 Å². The van der Waals surface area contributed by atoms with Crippen LogP contribution in [0.25, 0.3) is 0 Å². The number of hydrogen-bond acceptors (Lipinski definition) is 2. The number of rotatable bonds is 8. The van der Waals surface area contributed by atoms with Crippen molar-refractivity contribution in [3.05, 3.63) is 24.3 Å². The summed E-state index contributed by atoms with van der Waals surface area (Å²) in [5.74, 6) is 0. The van der Waals surface area contributed by atoms with Crippen LogP contribution in [0.2, 0.25) is 0 Å². The summed E-state index contributed by atoms with van der Waals surface area (Å²) in [7, 11) is 21.1. The molecule has 0 spiro atoms. The minimum absolute atomic E-state index is 0.944. The summed E-state index contributed by atoms with van der Waals surface area (Å²) >= 11 is 0. The van der Waals surface area contributed by atoms with Crippen molar-refractivity contribution in [2.75, 3.05) is 84.6 Å². The summed E-state index contributed by atoms with van der Waals surface area (Å²) in [5, 5.41) is 0. The van der Waals surface area contributed by atoms with Gasteiger partial charge < -0.3 is 0 Å². The van der Waals surface area contributed by atoms with E-state index in [0.29, 0.717) is 0 Å². The van der Waals surface area contributed by atoms with E-state index in [1.807, 2.05) is 6.07 Å². The van der Waals surface area contributed by atoms with Gasteiger partial charge >= 0.3 is 0 Å². The van der Waals surface area contributed by atoms with Crippen LogP contribution in [0.5, 0.6) is 0 Å². The molecule has 0 amide bonds. The highest BCUT2D eigenvalue weighted by Crippen LogP contribution is 2.58. The molecule has 0 aliphatic rings. The summed E-state index contributed by atoms with van der Waals surface area (Å²) in [6.07, 6.45) is 0. The highest BCUT2D eigenvalue weighted by molar-refractivity contribution is 7.59. The lowest BCUT2D eigenvalue weighted by atomic mass is 10.3. The fraction of sp³-hybridized carbons (Fsp3) is 0.667. The predicted molar refractivity (Wildman–Crippen MR) is 127 cm³/mol. The first-order valence-corrected chi connectivity index (χ1v) is 12.4. The van der Waals surface area contributed by atoms with Crippen LogP contribution >= 0.6 is 15.0 Å². The summed E-state index contributed by atoms with van der Waals surface area (Å²) in [6.45, 7) is 0. The van der Waals surface area contributed by atoms with Gasteiger partial charge in [0.2, 0.25) is 0 Å². The molecule has 0 N–H and O–H groups in total. The van der Waals surface area contributed by atoms with E-state index in [-0.39, 0.29) is 0 Å². The molecule has 1 rings (SSSR count). The van der Waals surface area contributed by atoms with Crippen molar-refractivity contribution in [1.82, 2.24) is 28.0 Å². The summed E-state index contributed by atoms with van der Waals surface area (Å²) in [4.78, 5) is 0. The van der Waals surface area contributed by atoms with Gasteiger partial charge in [0.1, 0.15) is 0 Å². The fourth-order valence-corrected chi connectivity index (χ4v) is 9.85. The molecule has 0 bridgehead atoms. The van der Waals surface area contributed by atoms with Crippen molar-refractivity contribution in [1.29, 1.82) is 0 Å². The van der Waals surface area contributed by atoms with Gasteiger partial charge in [0.05, 0.1) is 11.4 Å². The Bertz CT molecular complexity index is 637. The van der Waals surface area contributed by atoms with E-state index in [0.717, 1.165) is 11.4 Å². The quantitative estimate of drug-likeness (QED) is 0.576. The van der Waals surface area contributed by atoms with Crippen LogP contribution in [0.4, 0.5) is 11.4 Å². The van der Waals surface area contributed by atoms with Crippen molar-refractivity contribution in [2.24, 2.45) is 9.49 Å². The van der Waals surface area contributed by atoms with Gasteiger partial charge in [0, 0.05) is 0 Å². The highest BCUT2D eigenvalue weighted by atomic mass is 31.2. The second-order valence-corrected chi connectivity index (χ2v) is 15.2. The molecular weight excluding hydrogens is 390 g/mol. The lowest BCUT2D eigenvalue weighted by molar-refractivity contribution is 0.474. The molecule has 1 aromatic rings. The van der Waals surface area contributed by atoms with Gasteiger partial charge in [0.15, 0.2) is 15.0 Å². The van der Waals surface area contributed by atoms with Crippen LogP contribution in [-0.2, 0) is 0 Å². The van der Waals surface area contributed by atoms with Gasteiger partial charge in [-0.05, 0) is 103 Å². The first-order valence-electron chi connectivity index (χ1n) is 9.24. The van der Waals surface area contributed by atoms with Gasteiger partial charge in [-0.15, -0.1) is 0 Å². The largest absolute Gasteiger partial charge is 0.252 e. The summed E-state index contributed by atoms with van der Waals surface area (Å²) < 4.78 is 23.7. The first-order chi connectivity index (χ1) is 12.8. The lowest BCUT2D eigenvalue weighted by Gasteiger charge is -2.41. The third-order valence-corrected chi connectivity index (χ3v) is 12.0. The van der Waals surface area contributed by atoms with E-state index in [2.05, 4.69) is 131 Å². The molecule has 0 saturated heterocycles. The zero-order valence-corrected chi connectivity index (χ0v) is 21.6. The Hall–Kier alpha value is -0.560. The van der Waals surface area contributed by atoms with Crippen molar-refractivity contribution < 1.29 is 0 Å². The molecule has 162 valence electrons. The summed E-state index contributed by atoms with van der Waals surface area (Å²) in [5.41, 5.74) is 1.89. The normalized spacial score (nSPS) is 13.5. The molecule has 10 heteroatoms. The average Bonchev–Trinajstić information content (AvgIpc) is 2.55. The van der Waals surface area contributed by atoms with Gasteiger partial charge in [-0.3, -0.25) is 28.0 Å². The predicted octanol–water partition coefficient (Wildman–Crippen LogP) is 4.21. The zero-order valence-electron chi connectivity index (χ0n) is 19.8. The minimum atomic E-state index is -2.00. The standard InChI is InChI=1S/C18H40N8P2/c1-21(2)27(22(3)4,23(5)6)19-17-14-13-15-18(16-17)20-28(24(7)8,25(9)10)26(11)12/h13-16H,1-12H3. The Morgan fingerprint density at radius 3 is 0.964 bits per heavy atom. The van der Waals surface area contributed by atoms with Crippen LogP contribution in [0.1, 0.15) is 0 Å². The van der Waals surface area contributed by atoms with Crippen LogP contribution in [0, 0.1) is 0 Å². The van der Waals surface area contributed by atoms with Gasteiger partial charge in [-0.25, -0.2) is 9.49 Å². The molecule has 28 heavy (non-hydrogen) atoms. The van der Waals surface area contributed by atoms with Gasteiger partial charge in [-0.2, -0.15) is 0 Å². The van der Waals surface area contributed by atoms with E-state index in [1.54, 1.807) is 0 Å². The van der Waals surface area contributed by atoms with E-state index in [4.69, 9.17) is 9.49 Å². The zero-order chi connectivity index (χ0) is 21.9. The molecule has 0 heterocycles. The highest BCUT2D eigenvalue weighted by Gasteiger charge is 2.30. The Labute approximate surface area is 173 Å². The molecule has 0 aliphatic heterocycles. The van der Waals surface area contributed by atoms with Crippen molar-refractivity contribution in [2.45, 2.75) is 0 Å². The molecule has 0 fully saturated rings. The maximum atomic E-state index is 5.21. The smallest absolute Gasteiger partial charge is 0.171 e. The maximum Gasteiger partial charge on any atom is 0.171 e. The van der Waals surface area contributed by atoms with Crippen molar-refractivity contribution >= 4 is 26.4 Å². The first kappa shape index (κ1) is 25.5. The number of nitrogens with zero attached hydrogens (tertiary/aromatic N) is 8. The molecule has 0 atom stereocenters. The van der Waals surface area contributed by atoms with E-state index < -0.39 is 15.0 Å².